The first-order valence-electron chi connectivity index (χ1n) is 8.56. The zero-order valence-electron chi connectivity index (χ0n) is 13.6. The molecule has 2 nitrogen and oxygen atoms in total. The van der Waals surface area contributed by atoms with Gasteiger partial charge in [-0.25, -0.2) is 0 Å². The number of Topliss-reactive ketones (excluding diaryl/α,β-unsaturated/α-hetero) is 1. The van der Waals surface area contributed by atoms with E-state index in [1.807, 2.05) is 6.92 Å². The van der Waals surface area contributed by atoms with E-state index < -0.39 is 0 Å². The molecular weight excluding hydrogens is 248 g/mol. The Morgan fingerprint density at radius 3 is 2.55 bits per heavy atom. The van der Waals surface area contributed by atoms with E-state index in [1.165, 1.54) is 25.7 Å². The van der Waals surface area contributed by atoms with Gasteiger partial charge in [0.1, 0.15) is 6.10 Å². The van der Waals surface area contributed by atoms with E-state index in [0.717, 1.165) is 18.8 Å². The summed E-state index contributed by atoms with van der Waals surface area (Å²) in [7, 11) is 0. The highest BCUT2D eigenvalue weighted by atomic mass is 16.5. The van der Waals surface area contributed by atoms with E-state index in [2.05, 4.69) is 20.8 Å². The van der Waals surface area contributed by atoms with Crippen LogP contribution >= 0.6 is 0 Å². The molecule has 3 fully saturated rings. The predicted octanol–water partition coefficient (Wildman–Crippen LogP) is 4.22. The Bertz CT molecular complexity index is 400. The average Bonchev–Trinajstić information content (AvgIpc) is 2.74. The fraction of sp³-hybridized carbons (Fsp3) is 0.944. The molecule has 20 heavy (non-hydrogen) atoms. The van der Waals surface area contributed by atoms with Gasteiger partial charge in [0.25, 0.3) is 0 Å². The Kier molecular flexibility index (Phi) is 3.52. The summed E-state index contributed by atoms with van der Waals surface area (Å²) in [5.74, 6) is 2.40. The Labute approximate surface area is 123 Å². The molecule has 0 N–H and O–H groups in total. The van der Waals surface area contributed by atoms with Crippen molar-refractivity contribution in [1.82, 2.24) is 0 Å². The minimum absolute atomic E-state index is 0.106. The lowest BCUT2D eigenvalue weighted by Gasteiger charge is -2.45. The van der Waals surface area contributed by atoms with Gasteiger partial charge < -0.3 is 4.74 Å². The second kappa shape index (κ2) is 4.83. The fourth-order valence-corrected chi connectivity index (χ4v) is 5.77. The van der Waals surface area contributed by atoms with E-state index in [-0.39, 0.29) is 6.10 Å². The Balaban J connectivity index is 1.87. The second-order valence-corrected chi connectivity index (χ2v) is 8.12. The Morgan fingerprint density at radius 2 is 2.00 bits per heavy atom. The lowest BCUT2D eigenvalue weighted by atomic mass is 9.60. The van der Waals surface area contributed by atoms with E-state index >= 15 is 0 Å². The Hall–Kier alpha value is -0.370. The van der Waals surface area contributed by atoms with Crippen molar-refractivity contribution >= 4 is 5.78 Å². The van der Waals surface area contributed by atoms with Crippen LogP contribution in [0.3, 0.4) is 0 Å². The van der Waals surface area contributed by atoms with Gasteiger partial charge in [0, 0.05) is 13.0 Å². The molecule has 0 heterocycles. The van der Waals surface area contributed by atoms with E-state index in [0.29, 0.717) is 35.1 Å². The summed E-state index contributed by atoms with van der Waals surface area (Å²) in [5.41, 5.74) is 0.851. The quantitative estimate of drug-likeness (QED) is 0.772. The van der Waals surface area contributed by atoms with Gasteiger partial charge in [0.2, 0.25) is 0 Å². The van der Waals surface area contributed by atoms with Crippen molar-refractivity contribution in [2.24, 2.45) is 28.6 Å². The molecule has 0 saturated heterocycles. The maximum Gasteiger partial charge on any atom is 0.161 e. The van der Waals surface area contributed by atoms with Crippen molar-refractivity contribution in [1.29, 1.82) is 0 Å². The highest BCUT2D eigenvalue weighted by Crippen LogP contribution is 2.70. The molecule has 3 saturated carbocycles. The van der Waals surface area contributed by atoms with Crippen LogP contribution in [0.1, 0.15) is 66.2 Å². The molecule has 5 atom stereocenters. The second-order valence-electron chi connectivity index (χ2n) is 8.12. The molecule has 2 bridgehead atoms. The summed E-state index contributed by atoms with van der Waals surface area (Å²) in [6.07, 6.45) is 6.96. The first kappa shape index (κ1) is 14.6. The lowest BCUT2D eigenvalue weighted by Crippen LogP contribution is -2.45. The van der Waals surface area contributed by atoms with Gasteiger partial charge in [0.15, 0.2) is 5.78 Å². The van der Waals surface area contributed by atoms with Crippen LogP contribution in [-0.2, 0) is 9.53 Å². The van der Waals surface area contributed by atoms with Crippen molar-refractivity contribution in [3.8, 4) is 0 Å². The van der Waals surface area contributed by atoms with Crippen molar-refractivity contribution in [2.75, 3.05) is 6.61 Å². The highest BCUT2D eigenvalue weighted by Gasteiger charge is 2.63. The number of carbonyl (C=O) groups excluding carboxylic acids is 1. The number of carbonyl (C=O) groups is 1. The standard InChI is InChI=1S/C18H30O2/c1-5-20-16-13(7-6-8-15(16)19)14-11-12-9-10-18(14,4)17(12,2)3/h12-14,16H,5-11H2,1-4H3/t12-,13?,14+,16?,18+/m1/s1. The number of hydrogen-bond donors (Lipinski definition) is 0. The fourth-order valence-electron chi connectivity index (χ4n) is 5.77. The zero-order valence-corrected chi connectivity index (χ0v) is 13.6. The minimum atomic E-state index is -0.106. The summed E-state index contributed by atoms with van der Waals surface area (Å²) < 4.78 is 5.89. The number of rotatable bonds is 3. The van der Waals surface area contributed by atoms with Crippen LogP contribution in [-0.4, -0.2) is 18.5 Å². The van der Waals surface area contributed by atoms with Crippen LogP contribution in [0.4, 0.5) is 0 Å². The molecule has 2 unspecified atom stereocenters. The van der Waals surface area contributed by atoms with Crippen LogP contribution in [0.15, 0.2) is 0 Å². The molecule has 3 rings (SSSR count). The summed E-state index contributed by atoms with van der Waals surface area (Å²) in [6.45, 7) is 10.1. The topological polar surface area (TPSA) is 26.3 Å². The molecule has 0 amide bonds. The van der Waals surface area contributed by atoms with Gasteiger partial charge in [-0.15, -0.1) is 0 Å². The smallest absolute Gasteiger partial charge is 0.161 e. The summed E-state index contributed by atoms with van der Waals surface area (Å²) in [6, 6.07) is 0. The maximum absolute atomic E-state index is 12.3. The molecule has 0 aromatic rings. The van der Waals surface area contributed by atoms with Gasteiger partial charge in [0.05, 0.1) is 0 Å². The zero-order chi connectivity index (χ0) is 14.5. The number of fused-ring (bicyclic) bond motifs is 2. The van der Waals surface area contributed by atoms with E-state index in [1.54, 1.807) is 0 Å². The third-order valence-corrected chi connectivity index (χ3v) is 7.39. The minimum Gasteiger partial charge on any atom is -0.370 e. The summed E-state index contributed by atoms with van der Waals surface area (Å²) in [4.78, 5) is 12.3. The van der Waals surface area contributed by atoms with Crippen molar-refractivity contribution in [3.63, 3.8) is 0 Å². The van der Waals surface area contributed by atoms with E-state index in [9.17, 15) is 4.79 Å². The van der Waals surface area contributed by atoms with Crippen LogP contribution < -0.4 is 0 Å². The Morgan fingerprint density at radius 1 is 1.25 bits per heavy atom. The molecule has 3 aliphatic rings. The number of hydrogen-bond acceptors (Lipinski definition) is 2. The lowest BCUT2D eigenvalue weighted by molar-refractivity contribution is -0.142. The van der Waals surface area contributed by atoms with Gasteiger partial charge in [-0.1, -0.05) is 20.8 Å². The SMILES string of the molecule is CCOC1C(=O)CCCC1[C@@H]1C[C@H]2CC[C@]1(C)C2(C)C. The monoisotopic (exact) mass is 278 g/mol. The largest absolute Gasteiger partial charge is 0.370 e. The van der Waals surface area contributed by atoms with Gasteiger partial charge in [-0.3, -0.25) is 4.79 Å². The predicted molar refractivity (Wildman–Crippen MR) is 80.5 cm³/mol. The van der Waals surface area contributed by atoms with Crippen LogP contribution in [0.25, 0.3) is 0 Å². The third-order valence-electron chi connectivity index (χ3n) is 7.39. The normalized spacial score (nSPS) is 46.9. The number of ketones is 1. The highest BCUT2D eigenvalue weighted by molar-refractivity contribution is 5.84. The summed E-state index contributed by atoms with van der Waals surface area (Å²) >= 11 is 0. The van der Waals surface area contributed by atoms with Crippen LogP contribution in [0.5, 0.6) is 0 Å². The first-order valence-corrected chi connectivity index (χ1v) is 8.56. The molecular formula is C18H30O2. The van der Waals surface area contributed by atoms with Gasteiger partial charge in [-0.2, -0.15) is 0 Å². The van der Waals surface area contributed by atoms with E-state index in [4.69, 9.17) is 4.74 Å². The molecule has 3 aliphatic carbocycles. The first-order chi connectivity index (χ1) is 9.41. The molecule has 114 valence electrons. The van der Waals surface area contributed by atoms with Crippen LogP contribution in [0.2, 0.25) is 0 Å². The van der Waals surface area contributed by atoms with Crippen LogP contribution in [0, 0.1) is 28.6 Å². The maximum atomic E-state index is 12.3. The average molecular weight is 278 g/mol. The molecule has 0 aliphatic heterocycles. The molecule has 0 spiro atoms. The van der Waals surface area contributed by atoms with Crippen molar-refractivity contribution < 1.29 is 9.53 Å². The molecule has 0 aromatic heterocycles. The van der Waals surface area contributed by atoms with Gasteiger partial charge in [-0.05, 0) is 67.6 Å². The summed E-state index contributed by atoms with van der Waals surface area (Å²) in [5, 5.41) is 0. The van der Waals surface area contributed by atoms with Gasteiger partial charge >= 0.3 is 0 Å². The molecule has 2 heteroatoms. The third kappa shape index (κ3) is 1.83. The van der Waals surface area contributed by atoms with Crippen molar-refractivity contribution in [3.05, 3.63) is 0 Å². The molecule has 0 aromatic carbocycles. The molecule has 0 radical (unpaired) electrons. The number of ether oxygens (including phenoxy) is 1. The van der Waals surface area contributed by atoms with Crippen molar-refractivity contribution in [2.45, 2.75) is 72.3 Å².